The fourth-order valence-electron chi connectivity index (χ4n) is 3.11. The lowest BCUT2D eigenvalue weighted by Gasteiger charge is -2.09. The summed E-state index contributed by atoms with van der Waals surface area (Å²) in [6, 6.07) is 14.7. The fourth-order valence-corrected chi connectivity index (χ4v) is 3.11. The van der Waals surface area contributed by atoms with Crippen molar-refractivity contribution in [1.82, 2.24) is 9.97 Å². The Balaban J connectivity index is 1.99. The van der Waals surface area contributed by atoms with Crippen LogP contribution in [0.2, 0.25) is 0 Å². The molecule has 2 nitrogen and oxygen atoms in total. The van der Waals surface area contributed by atoms with Gasteiger partial charge in [-0.3, -0.25) is 9.97 Å². The van der Waals surface area contributed by atoms with E-state index in [1.54, 1.807) is 0 Å². The highest BCUT2D eigenvalue weighted by Crippen LogP contribution is 2.23. The highest BCUT2D eigenvalue weighted by molar-refractivity contribution is 5.88. The topological polar surface area (TPSA) is 25.8 Å². The smallest absolute Gasteiger partial charge is 0.0639 e. The van der Waals surface area contributed by atoms with Gasteiger partial charge in [-0.15, -0.1) is 0 Å². The molecule has 3 aromatic rings. The molecule has 1 aromatic carbocycles. The van der Waals surface area contributed by atoms with Crippen LogP contribution in [0.4, 0.5) is 0 Å². The summed E-state index contributed by atoms with van der Waals surface area (Å²) in [6.45, 7) is 6.38. The summed E-state index contributed by atoms with van der Waals surface area (Å²) in [5, 5.41) is 2.43. The van der Waals surface area contributed by atoms with E-state index in [9.17, 15) is 0 Å². The molecule has 122 valence electrons. The van der Waals surface area contributed by atoms with Crippen molar-refractivity contribution >= 4 is 22.9 Å². The molecular weight excluding hydrogens is 292 g/mol. The first kappa shape index (κ1) is 16.4. The van der Waals surface area contributed by atoms with Crippen LogP contribution in [-0.2, 0) is 6.42 Å². The Kier molecular flexibility index (Phi) is 5.05. The van der Waals surface area contributed by atoms with Crippen LogP contribution in [-0.4, -0.2) is 9.97 Å². The summed E-state index contributed by atoms with van der Waals surface area (Å²) in [7, 11) is 0. The van der Waals surface area contributed by atoms with Crippen LogP contribution >= 0.6 is 0 Å². The normalized spacial score (nSPS) is 11.5. The number of nitrogens with zero attached hydrogens (tertiary/aromatic N) is 2. The highest BCUT2D eigenvalue weighted by Gasteiger charge is 2.07. The Labute approximate surface area is 144 Å². The zero-order chi connectivity index (χ0) is 16.9. The molecule has 0 N–H and O–H groups in total. The summed E-state index contributed by atoms with van der Waals surface area (Å²) < 4.78 is 0. The number of aryl methyl sites for hydroxylation is 3. The number of rotatable bonds is 5. The molecular formula is C22H24N2. The number of pyridine rings is 2. The van der Waals surface area contributed by atoms with Crippen molar-refractivity contribution in [2.24, 2.45) is 0 Å². The van der Waals surface area contributed by atoms with Gasteiger partial charge < -0.3 is 0 Å². The third kappa shape index (κ3) is 3.70. The van der Waals surface area contributed by atoms with E-state index in [1.165, 1.54) is 34.9 Å². The molecule has 3 rings (SSSR count). The largest absolute Gasteiger partial charge is 0.257 e. The van der Waals surface area contributed by atoms with Gasteiger partial charge in [0.15, 0.2) is 0 Å². The van der Waals surface area contributed by atoms with Gasteiger partial charge in [0.1, 0.15) is 0 Å². The molecule has 0 radical (unpaired) electrons. The maximum atomic E-state index is 4.76. The molecule has 0 unspecified atom stereocenters. The first-order valence-corrected chi connectivity index (χ1v) is 8.68. The second kappa shape index (κ2) is 7.39. The lowest BCUT2D eigenvalue weighted by Crippen LogP contribution is -1.98. The second-order valence-electron chi connectivity index (χ2n) is 6.28. The zero-order valence-corrected chi connectivity index (χ0v) is 14.7. The Hall–Kier alpha value is -2.48. The van der Waals surface area contributed by atoms with E-state index in [0.717, 1.165) is 23.5 Å². The monoisotopic (exact) mass is 316 g/mol. The molecule has 0 fully saturated rings. The second-order valence-corrected chi connectivity index (χ2v) is 6.28. The predicted molar refractivity (Wildman–Crippen MR) is 103 cm³/mol. The summed E-state index contributed by atoms with van der Waals surface area (Å²) in [5.74, 6) is 0. The molecule has 0 bridgehead atoms. The lowest BCUT2D eigenvalue weighted by atomic mass is 10.0. The summed E-state index contributed by atoms with van der Waals surface area (Å²) in [4.78, 5) is 9.51. The third-order valence-electron chi connectivity index (χ3n) is 4.28. The number of unbranched alkanes of at least 4 members (excludes halogenated alkanes) is 1. The predicted octanol–water partition coefficient (Wildman–Crippen LogP) is 5.76. The molecule has 0 aliphatic rings. The van der Waals surface area contributed by atoms with Crippen molar-refractivity contribution in [2.45, 2.75) is 40.0 Å². The molecule has 0 aliphatic heterocycles. The minimum Gasteiger partial charge on any atom is -0.257 e. The van der Waals surface area contributed by atoms with E-state index in [1.807, 2.05) is 18.2 Å². The van der Waals surface area contributed by atoms with Crippen molar-refractivity contribution in [2.75, 3.05) is 0 Å². The number of hydrogen-bond donors (Lipinski definition) is 0. The van der Waals surface area contributed by atoms with Crippen molar-refractivity contribution < 1.29 is 0 Å². The number of hydrogen-bond acceptors (Lipinski definition) is 2. The van der Waals surface area contributed by atoms with E-state index < -0.39 is 0 Å². The molecule has 0 saturated carbocycles. The lowest BCUT2D eigenvalue weighted by molar-refractivity contribution is 0.775. The quantitative estimate of drug-likeness (QED) is 0.598. The van der Waals surface area contributed by atoms with Crippen LogP contribution < -0.4 is 0 Å². The Morgan fingerprint density at radius 3 is 2.42 bits per heavy atom. The minimum absolute atomic E-state index is 0.996. The first-order chi connectivity index (χ1) is 11.7. The average molecular weight is 316 g/mol. The minimum atomic E-state index is 0.996. The van der Waals surface area contributed by atoms with Crippen LogP contribution in [0, 0.1) is 13.8 Å². The van der Waals surface area contributed by atoms with Crippen LogP contribution in [0.25, 0.3) is 22.9 Å². The molecule has 0 spiro atoms. The van der Waals surface area contributed by atoms with E-state index in [2.05, 4.69) is 57.2 Å². The number of fused-ring (bicyclic) bond motifs is 1. The third-order valence-corrected chi connectivity index (χ3v) is 4.28. The first-order valence-electron chi connectivity index (χ1n) is 8.68. The molecule has 0 aliphatic carbocycles. The maximum absolute atomic E-state index is 4.76. The molecule has 0 atom stereocenters. The zero-order valence-electron chi connectivity index (χ0n) is 14.7. The standard InChI is InChI=1S/C22H24N2/c1-4-5-11-20-14-19-15-21(13-12-18-9-7-6-8-10-18)24-17(3)22(19)16(2)23-20/h6-10,12-15H,4-5,11H2,1-3H3/b13-12+. The van der Waals surface area contributed by atoms with Crippen LogP contribution in [0.15, 0.2) is 42.5 Å². The molecule has 2 heteroatoms. The van der Waals surface area contributed by atoms with Crippen molar-refractivity contribution in [3.63, 3.8) is 0 Å². The Morgan fingerprint density at radius 2 is 1.67 bits per heavy atom. The van der Waals surface area contributed by atoms with E-state index in [0.29, 0.717) is 0 Å². The molecule has 2 heterocycles. The highest BCUT2D eigenvalue weighted by atomic mass is 14.7. The van der Waals surface area contributed by atoms with Gasteiger partial charge in [-0.1, -0.05) is 49.8 Å². The average Bonchev–Trinajstić information content (AvgIpc) is 2.58. The number of aromatic nitrogens is 2. The molecule has 2 aromatic heterocycles. The number of benzene rings is 1. The van der Waals surface area contributed by atoms with E-state index in [4.69, 9.17) is 9.97 Å². The van der Waals surface area contributed by atoms with Gasteiger partial charge in [0.05, 0.1) is 5.69 Å². The Bertz CT molecular complexity index is 864. The summed E-state index contributed by atoms with van der Waals surface area (Å²) in [5.41, 5.74) is 5.50. The fraction of sp³-hybridized carbons (Fsp3) is 0.273. The van der Waals surface area contributed by atoms with E-state index in [-0.39, 0.29) is 0 Å². The van der Waals surface area contributed by atoms with Crippen molar-refractivity contribution in [3.05, 3.63) is 70.8 Å². The van der Waals surface area contributed by atoms with Gasteiger partial charge >= 0.3 is 0 Å². The van der Waals surface area contributed by atoms with Gasteiger partial charge in [-0.2, -0.15) is 0 Å². The molecule has 24 heavy (non-hydrogen) atoms. The van der Waals surface area contributed by atoms with Crippen LogP contribution in [0.5, 0.6) is 0 Å². The van der Waals surface area contributed by atoms with Gasteiger partial charge in [0.2, 0.25) is 0 Å². The summed E-state index contributed by atoms with van der Waals surface area (Å²) in [6.07, 6.45) is 7.62. The van der Waals surface area contributed by atoms with E-state index >= 15 is 0 Å². The van der Waals surface area contributed by atoms with Gasteiger partial charge in [-0.25, -0.2) is 0 Å². The Morgan fingerprint density at radius 1 is 0.917 bits per heavy atom. The van der Waals surface area contributed by atoms with Gasteiger partial charge in [-0.05, 0) is 55.8 Å². The maximum Gasteiger partial charge on any atom is 0.0639 e. The molecule has 0 amide bonds. The van der Waals surface area contributed by atoms with Crippen molar-refractivity contribution in [3.8, 4) is 0 Å². The SMILES string of the molecule is CCCCc1cc2cc(/C=C/c3ccccc3)nc(C)c2c(C)n1. The van der Waals surface area contributed by atoms with Gasteiger partial charge in [0, 0.05) is 22.5 Å². The van der Waals surface area contributed by atoms with Crippen molar-refractivity contribution in [1.29, 1.82) is 0 Å². The van der Waals surface area contributed by atoms with Crippen LogP contribution in [0.3, 0.4) is 0 Å². The molecule has 0 saturated heterocycles. The van der Waals surface area contributed by atoms with Gasteiger partial charge in [0.25, 0.3) is 0 Å². The van der Waals surface area contributed by atoms with Crippen LogP contribution in [0.1, 0.15) is 48.1 Å². The summed E-state index contributed by atoms with van der Waals surface area (Å²) >= 11 is 0.